The van der Waals surface area contributed by atoms with Crippen molar-refractivity contribution in [3.63, 3.8) is 0 Å². The van der Waals surface area contributed by atoms with Gasteiger partial charge in [-0.1, -0.05) is 22.0 Å². The van der Waals surface area contributed by atoms with E-state index < -0.39 is 0 Å². The lowest BCUT2D eigenvalue weighted by molar-refractivity contribution is -0.131. The molecule has 0 saturated heterocycles. The van der Waals surface area contributed by atoms with E-state index in [1.807, 2.05) is 24.3 Å². The van der Waals surface area contributed by atoms with Gasteiger partial charge in [0.2, 0.25) is 11.8 Å². The van der Waals surface area contributed by atoms with Gasteiger partial charge in [-0.2, -0.15) is 0 Å². The Morgan fingerprint density at radius 2 is 1.94 bits per heavy atom. The molecule has 1 rings (SSSR count). The number of hydrogen-bond donors (Lipinski definition) is 0. The predicted molar refractivity (Wildman–Crippen MR) is 75.9 cm³/mol. The Labute approximate surface area is 120 Å². The van der Waals surface area contributed by atoms with Gasteiger partial charge in [0, 0.05) is 24.3 Å². The fourth-order valence-corrected chi connectivity index (χ4v) is 1.92. The molecule has 0 unspecified atom stereocenters. The largest absolute Gasteiger partial charge is 0.335 e. The van der Waals surface area contributed by atoms with Crippen LogP contribution < -0.4 is 4.90 Å². The molecule has 0 aromatic heterocycles. The number of carbonyl (C=O) groups is 2. The minimum absolute atomic E-state index is 0.00850. The summed E-state index contributed by atoms with van der Waals surface area (Å²) in [6, 6.07) is 7.38. The molecule has 0 fully saturated rings. The van der Waals surface area contributed by atoms with Crippen molar-refractivity contribution in [1.82, 2.24) is 4.90 Å². The van der Waals surface area contributed by atoms with Crippen molar-refractivity contribution in [2.45, 2.75) is 0 Å². The number of carbonyl (C=O) groups excluding carboxylic acids is 2. The van der Waals surface area contributed by atoms with E-state index in [1.54, 1.807) is 14.1 Å². The van der Waals surface area contributed by atoms with Crippen LogP contribution in [0.3, 0.4) is 0 Å². The molecule has 0 aliphatic rings. The van der Waals surface area contributed by atoms with Gasteiger partial charge >= 0.3 is 0 Å². The summed E-state index contributed by atoms with van der Waals surface area (Å²) in [5.74, 6) is -0.564. The van der Waals surface area contributed by atoms with Crippen LogP contribution in [0.2, 0.25) is 0 Å². The number of likely N-dealkylation sites (N-methyl/N-ethyl adjacent to an activating group) is 2. The summed E-state index contributed by atoms with van der Waals surface area (Å²) in [6.07, 6.45) is 0. The molecular formula is C12H14BrClN2O2. The highest BCUT2D eigenvalue weighted by Crippen LogP contribution is 2.18. The second-order valence-electron chi connectivity index (χ2n) is 3.82. The Hall–Kier alpha value is -1.07. The molecule has 1 aromatic carbocycles. The number of nitrogens with zero attached hydrogens (tertiary/aromatic N) is 2. The Morgan fingerprint density at radius 1 is 1.28 bits per heavy atom. The molecule has 98 valence electrons. The zero-order valence-corrected chi connectivity index (χ0v) is 12.5. The van der Waals surface area contributed by atoms with Crippen LogP contribution in [0.5, 0.6) is 0 Å². The third-order valence-electron chi connectivity index (χ3n) is 2.48. The van der Waals surface area contributed by atoms with Crippen LogP contribution in [0.15, 0.2) is 28.7 Å². The smallest absolute Gasteiger partial charge is 0.246 e. The van der Waals surface area contributed by atoms with Crippen LogP contribution in [0.25, 0.3) is 0 Å². The molecule has 2 amide bonds. The summed E-state index contributed by atoms with van der Waals surface area (Å²) in [7, 11) is 3.22. The number of amides is 2. The second kappa shape index (κ2) is 6.75. The quantitative estimate of drug-likeness (QED) is 0.792. The topological polar surface area (TPSA) is 40.6 Å². The monoisotopic (exact) mass is 332 g/mol. The molecule has 18 heavy (non-hydrogen) atoms. The maximum absolute atomic E-state index is 12.0. The Bertz CT molecular complexity index is 453. The van der Waals surface area contributed by atoms with Gasteiger partial charge in [0.15, 0.2) is 0 Å². The zero-order chi connectivity index (χ0) is 13.7. The lowest BCUT2D eigenvalue weighted by Gasteiger charge is -2.21. The van der Waals surface area contributed by atoms with Crippen LogP contribution >= 0.6 is 27.5 Å². The summed E-state index contributed by atoms with van der Waals surface area (Å²) < 4.78 is 0.893. The number of hydrogen-bond acceptors (Lipinski definition) is 2. The Kier molecular flexibility index (Phi) is 5.62. The van der Waals surface area contributed by atoms with E-state index in [0.717, 1.165) is 10.2 Å². The molecule has 0 atom stereocenters. The fraction of sp³-hybridized carbons (Fsp3) is 0.333. The van der Waals surface area contributed by atoms with Crippen molar-refractivity contribution in [1.29, 1.82) is 0 Å². The third kappa shape index (κ3) is 3.99. The SMILES string of the molecule is CN(CC(=O)N(C)c1cccc(Br)c1)C(=O)CCl. The summed E-state index contributed by atoms with van der Waals surface area (Å²) in [4.78, 5) is 26.0. The second-order valence-corrected chi connectivity index (χ2v) is 5.00. The average molecular weight is 334 g/mol. The molecule has 0 bridgehead atoms. The van der Waals surface area contributed by atoms with Gasteiger partial charge in [0.05, 0.1) is 6.54 Å². The Morgan fingerprint density at radius 3 is 2.50 bits per heavy atom. The van der Waals surface area contributed by atoms with Crippen molar-refractivity contribution in [2.75, 3.05) is 31.4 Å². The molecule has 6 heteroatoms. The van der Waals surface area contributed by atoms with E-state index >= 15 is 0 Å². The first-order valence-corrected chi connectivity index (χ1v) is 6.60. The van der Waals surface area contributed by atoms with Crippen molar-refractivity contribution in [2.24, 2.45) is 0 Å². The van der Waals surface area contributed by atoms with E-state index in [9.17, 15) is 9.59 Å². The maximum atomic E-state index is 12.0. The molecule has 1 aromatic rings. The molecule has 0 radical (unpaired) electrons. The van der Waals surface area contributed by atoms with Gasteiger partial charge in [-0.05, 0) is 18.2 Å². The lowest BCUT2D eigenvalue weighted by Crippen LogP contribution is -2.39. The van der Waals surface area contributed by atoms with Crippen LogP contribution in [-0.2, 0) is 9.59 Å². The van der Waals surface area contributed by atoms with Crippen molar-refractivity contribution >= 4 is 45.0 Å². The molecular weight excluding hydrogens is 320 g/mol. The van der Waals surface area contributed by atoms with Gasteiger partial charge in [-0.25, -0.2) is 0 Å². The molecule has 0 aliphatic carbocycles. The minimum Gasteiger partial charge on any atom is -0.335 e. The van der Waals surface area contributed by atoms with E-state index in [2.05, 4.69) is 15.9 Å². The van der Waals surface area contributed by atoms with E-state index in [1.165, 1.54) is 9.80 Å². The standard InChI is InChI=1S/C12H14BrClN2O2/c1-15(11(17)7-14)8-12(18)16(2)10-5-3-4-9(13)6-10/h3-6H,7-8H2,1-2H3. The summed E-state index contributed by atoms with van der Waals surface area (Å²) in [5, 5.41) is 0. The number of halogens is 2. The summed E-state index contributed by atoms with van der Waals surface area (Å²) in [6.45, 7) is 0.00850. The number of rotatable bonds is 4. The zero-order valence-electron chi connectivity index (χ0n) is 10.2. The highest BCUT2D eigenvalue weighted by molar-refractivity contribution is 9.10. The first-order valence-electron chi connectivity index (χ1n) is 5.27. The van der Waals surface area contributed by atoms with Gasteiger partial charge in [0.1, 0.15) is 5.88 Å². The summed E-state index contributed by atoms with van der Waals surface area (Å²) >= 11 is 8.77. The van der Waals surface area contributed by atoms with Gasteiger partial charge in [0.25, 0.3) is 0 Å². The van der Waals surface area contributed by atoms with Crippen LogP contribution in [-0.4, -0.2) is 43.2 Å². The number of benzene rings is 1. The van der Waals surface area contributed by atoms with Crippen molar-refractivity contribution in [3.05, 3.63) is 28.7 Å². The van der Waals surface area contributed by atoms with Gasteiger partial charge < -0.3 is 9.80 Å². The molecule has 0 saturated carbocycles. The highest BCUT2D eigenvalue weighted by Gasteiger charge is 2.16. The van der Waals surface area contributed by atoms with E-state index in [-0.39, 0.29) is 24.2 Å². The molecule has 4 nitrogen and oxygen atoms in total. The molecule has 0 spiro atoms. The van der Waals surface area contributed by atoms with E-state index in [0.29, 0.717) is 0 Å². The predicted octanol–water partition coefficient (Wildman–Crippen LogP) is 2.11. The van der Waals surface area contributed by atoms with Crippen LogP contribution in [0.1, 0.15) is 0 Å². The Balaban J connectivity index is 2.70. The van der Waals surface area contributed by atoms with Crippen LogP contribution in [0.4, 0.5) is 5.69 Å². The fourth-order valence-electron chi connectivity index (χ4n) is 1.33. The minimum atomic E-state index is -0.271. The third-order valence-corrected chi connectivity index (χ3v) is 3.20. The molecule has 0 N–H and O–H groups in total. The lowest BCUT2D eigenvalue weighted by atomic mass is 10.3. The normalized spacial score (nSPS) is 10.0. The maximum Gasteiger partial charge on any atom is 0.246 e. The number of anilines is 1. The first kappa shape index (κ1) is 15.0. The summed E-state index contributed by atoms with van der Waals surface area (Å²) in [5.41, 5.74) is 0.765. The molecule has 0 aliphatic heterocycles. The number of alkyl halides is 1. The van der Waals surface area contributed by atoms with Crippen molar-refractivity contribution < 1.29 is 9.59 Å². The average Bonchev–Trinajstić information content (AvgIpc) is 2.36. The van der Waals surface area contributed by atoms with Gasteiger partial charge in [-0.15, -0.1) is 11.6 Å². The van der Waals surface area contributed by atoms with Crippen molar-refractivity contribution in [3.8, 4) is 0 Å². The molecule has 0 heterocycles. The first-order chi connectivity index (χ1) is 8.45. The van der Waals surface area contributed by atoms with Gasteiger partial charge in [-0.3, -0.25) is 9.59 Å². The van der Waals surface area contributed by atoms with E-state index in [4.69, 9.17) is 11.6 Å². The highest BCUT2D eigenvalue weighted by atomic mass is 79.9. The van der Waals surface area contributed by atoms with Crippen LogP contribution in [0, 0.1) is 0 Å².